The van der Waals surface area contributed by atoms with Crippen LogP contribution in [0.4, 0.5) is 0 Å². The van der Waals surface area contributed by atoms with Crippen LogP contribution >= 0.6 is 12.4 Å². The van der Waals surface area contributed by atoms with Crippen molar-refractivity contribution >= 4 is 18.4 Å². The Kier molecular flexibility index (Phi) is 6.61. The summed E-state index contributed by atoms with van der Waals surface area (Å²) in [5.41, 5.74) is -2.24. The van der Waals surface area contributed by atoms with Crippen molar-refractivity contribution in [3.63, 3.8) is 0 Å². The van der Waals surface area contributed by atoms with E-state index in [9.17, 15) is 15.0 Å². The lowest BCUT2D eigenvalue weighted by Crippen LogP contribution is -2.75. The van der Waals surface area contributed by atoms with Gasteiger partial charge in [-0.2, -0.15) is 0 Å². The molecule has 1 aromatic rings. The highest BCUT2D eigenvalue weighted by atomic mass is 35.5. The lowest BCUT2D eigenvalue weighted by atomic mass is 9.46. The van der Waals surface area contributed by atoms with Crippen LogP contribution in [0.1, 0.15) is 49.4 Å². The molecule has 1 saturated heterocycles. The van der Waals surface area contributed by atoms with Crippen molar-refractivity contribution < 1.29 is 34.0 Å². The second-order valence-corrected chi connectivity index (χ2v) is 12.8. The molecule has 12 atom stereocenters. The molecule has 2 N–H and O–H groups in total. The maximum Gasteiger partial charge on any atom is 0.338 e. The van der Waals surface area contributed by atoms with Crippen LogP contribution in [0, 0.1) is 35.0 Å². The molecule has 5 aliphatic carbocycles. The van der Waals surface area contributed by atoms with E-state index in [1.807, 2.05) is 7.11 Å². The molecule has 1 spiro atoms. The summed E-state index contributed by atoms with van der Waals surface area (Å²) in [6.07, 6.45) is 2.50. The van der Waals surface area contributed by atoms with Crippen molar-refractivity contribution in [2.45, 2.75) is 74.6 Å². The fourth-order valence-corrected chi connectivity index (χ4v) is 11.0. The number of piperidine rings is 1. The van der Waals surface area contributed by atoms with Gasteiger partial charge in [0.2, 0.25) is 0 Å². The number of ether oxygens (including phenoxy) is 4. The first-order valence-electron chi connectivity index (χ1n) is 14.4. The predicted molar refractivity (Wildman–Crippen MR) is 145 cm³/mol. The zero-order chi connectivity index (χ0) is 26.6. The maximum atomic E-state index is 13.5. The average Bonchev–Trinajstić information content (AvgIpc) is 3.31. The number of methoxy groups -OCH3 is 3. The third-order valence-corrected chi connectivity index (χ3v) is 12.1. The minimum Gasteiger partial charge on any atom is -0.497 e. The highest BCUT2D eigenvalue weighted by Crippen LogP contribution is 2.77. The van der Waals surface area contributed by atoms with Crippen LogP contribution in [-0.4, -0.2) is 91.1 Å². The second-order valence-electron chi connectivity index (χ2n) is 12.8. The van der Waals surface area contributed by atoms with Crippen molar-refractivity contribution in [3.05, 3.63) is 29.8 Å². The van der Waals surface area contributed by atoms with Crippen LogP contribution < -0.4 is 4.74 Å². The Morgan fingerprint density at radius 1 is 0.974 bits per heavy atom. The van der Waals surface area contributed by atoms with E-state index in [0.29, 0.717) is 36.0 Å². The number of fused-ring (bicyclic) bond motifs is 2. The molecule has 6 aliphatic rings. The van der Waals surface area contributed by atoms with Gasteiger partial charge in [0, 0.05) is 50.5 Å². The molecule has 7 rings (SSSR count). The van der Waals surface area contributed by atoms with Crippen LogP contribution in [0.5, 0.6) is 5.75 Å². The fraction of sp³-hybridized carbons (Fsp3) is 0.767. The molecule has 8 nitrogen and oxygen atoms in total. The van der Waals surface area contributed by atoms with Gasteiger partial charge in [0.15, 0.2) is 0 Å². The number of benzene rings is 1. The van der Waals surface area contributed by atoms with Gasteiger partial charge in [0.1, 0.15) is 17.5 Å². The first-order chi connectivity index (χ1) is 18.3. The van der Waals surface area contributed by atoms with Crippen molar-refractivity contribution in [2.75, 3.05) is 34.4 Å². The van der Waals surface area contributed by atoms with Gasteiger partial charge in [-0.05, 0) is 74.2 Å². The molecule has 6 fully saturated rings. The quantitative estimate of drug-likeness (QED) is 0.510. The van der Waals surface area contributed by atoms with Gasteiger partial charge in [0.05, 0.1) is 30.5 Å². The van der Waals surface area contributed by atoms with Gasteiger partial charge in [-0.15, -0.1) is 12.4 Å². The molecule has 1 aliphatic heterocycles. The van der Waals surface area contributed by atoms with E-state index in [1.54, 1.807) is 38.5 Å². The van der Waals surface area contributed by atoms with Gasteiger partial charge >= 0.3 is 5.97 Å². The van der Waals surface area contributed by atoms with Crippen molar-refractivity contribution in [2.24, 2.45) is 35.0 Å². The average molecular weight is 564 g/mol. The molecule has 1 heterocycles. The van der Waals surface area contributed by atoms with Crippen molar-refractivity contribution in [1.29, 1.82) is 0 Å². The Bertz CT molecular complexity index is 1120. The molecule has 216 valence electrons. The van der Waals surface area contributed by atoms with Crippen LogP contribution in [0.15, 0.2) is 24.3 Å². The number of carbonyl (C=O) groups excluding carboxylic acids is 1. The van der Waals surface area contributed by atoms with Gasteiger partial charge in [-0.25, -0.2) is 4.79 Å². The Morgan fingerprint density at radius 3 is 2.33 bits per heavy atom. The van der Waals surface area contributed by atoms with Crippen LogP contribution in [0.3, 0.4) is 0 Å². The molecule has 1 aromatic carbocycles. The molecule has 5 saturated carbocycles. The number of carbonyl (C=O) groups is 1. The van der Waals surface area contributed by atoms with Crippen LogP contribution in [0.25, 0.3) is 0 Å². The highest BCUT2D eigenvalue weighted by molar-refractivity contribution is 5.89. The minimum absolute atomic E-state index is 0. The normalized spacial score (nSPS) is 48.8. The third-order valence-electron chi connectivity index (χ3n) is 12.1. The van der Waals surface area contributed by atoms with E-state index in [1.165, 1.54) is 0 Å². The lowest BCUT2D eigenvalue weighted by Gasteiger charge is -2.67. The second kappa shape index (κ2) is 9.30. The largest absolute Gasteiger partial charge is 0.497 e. The summed E-state index contributed by atoms with van der Waals surface area (Å²) in [4.78, 5) is 16.1. The molecule has 0 amide bonds. The zero-order valence-electron chi connectivity index (χ0n) is 23.2. The van der Waals surface area contributed by atoms with Gasteiger partial charge in [-0.1, -0.05) is 6.92 Å². The van der Waals surface area contributed by atoms with E-state index < -0.39 is 29.4 Å². The number of esters is 1. The summed E-state index contributed by atoms with van der Waals surface area (Å²) in [7, 11) is 5.01. The van der Waals surface area contributed by atoms with E-state index in [4.69, 9.17) is 18.9 Å². The number of hydrogen-bond donors (Lipinski definition) is 2. The number of rotatable bonds is 6. The molecule has 9 heteroatoms. The van der Waals surface area contributed by atoms with Crippen LogP contribution in [-0.2, 0) is 14.2 Å². The highest BCUT2D eigenvalue weighted by Gasteiger charge is 2.84. The SMILES string of the molecule is CCN1C[C@@H]2CC[C@@H](OC)[C@@]34C5C[C@@]6(O)C(OC(=O)c7ccc(OC)cc7)C5[C@](O)(C[C@@H]6OC)[C@H](C[C@H]23)C14.Cl. The van der Waals surface area contributed by atoms with Gasteiger partial charge < -0.3 is 29.2 Å². The number of hydrogen-bond acceptors (Lipinski definition) is 8. The molecular weight excluding hydrogens is 522 g/mol. The Balaban J connectivity index is 0.00000277. The Hall–Kier alpha value is -1.42. The van der Waals surface area contributed by atoms with Crippen molar-refractivity contribution in [1.82, 2.24) is 4.90 Å². The van der Waals surface area contributed by atoms with E-state index in [-0.39, 0.29) is 47.7 Å². The summed E-state index contributed by atoms with van der Waals surface area (Å²) in [5.74, 6) is 0.810. The number of aliphatic hydroxyl groups is 2. The minimum atomic E-state index is -1.37. The smallest absolute Gasteiger partial charge is 0.338 e. The van der Waals surface area contributed by atoms with Crippen molar-refractivity contribution in [3.8, 4) is 5.75 Å². The summed E-state index contributed by atoms with van der Waals surface area (Å²) in [6.45, 7) is 4.23. The van der Waals surface area contributed by atoms with E-state index >= 15 is 0 Å². The van der Waals surface area contributed by atoms with E-state index in [0.717, 1.165) is 32.4 Å². The Labute approximate surface area is 236 Å². The molecule has 0 radical (unpaired) electrons. The number of nitrogens with zero attached hydrogens (tertiary/aromatic N) is 1. The molecular formula is C30H42ClNO7. The van der Waals surface area contributed by atoms with Gasteiger partial charge in [0.25, 0.3) is 0 Å². The fourth-order valence-electron chi connectivity index (χ4n) is 11.0. The van der Waals surface area contributed by atoms with Gasteiger partial charge in [-0.3, -0.25) is 4.90 Å². The van der Waals surface area contributed by atoms with E-state index in [2.05, 4.69) is 11.8 Å². The predicted octanol–water partition coefficient (Wildman–Crippen LogP) is 2.92. The zero-order valence-corrected chi connectivity index (χ0v) is 24.1. The summed E-state index contributed by atoms with van der Waals surface area (Å²) < 4.78 is 23.7. The maximum absolute atomic E-state index is 13.5. The number of halogens is 1. The summed E-state index contributed by atoms with van der Waals surface area (Å²) in [6, 6.07) is 7.01. The first kappa shape index (κ1) is 27.7. The molecule has 7 bridgehead atoms. The molecule has 0 aromatic heterocycles. The molecule has 39 heavy (non-hydrogen) atoms. The summed E-state index contributed by atoms with van der Waals surface area (Å²) in [5, 5.41) is 25.1. The third kappa shape index (κ3) is 3.27. The Morgan fingerprint density at radius 2 is 1.69 bits per heavy atom. The standard InChI is InChI=1S/C30H41NO7.ClH/c1-5-31-15-17-8-11-22(36-3)30-19(17)12-20(25(30)31)28(33)14-23(37-4)29(34)13-21(30)24(28)26(29)38-27(32)16-6-9-18(35-2)10-7-16;/h6-7,9-10,17,19-26,33-34H,5,8,11-15H2,1-4H3;1H/t17-,19+,20+,21?,22+,23-,24?,25?,26?,28-,29-,30-;/m0./s1. The molecule has 4 unspecified atom stereocenters. The summed E-state index contributed by atoms with van der Waals surface area (Å²) >= 11 is 0. The number of likely N-dealkylation sites (tertiary alicyclic amines) is 1. The van der Waals surface area contributed by atoms with Crippen LogP contribution in [0.2, 0.25) is 0 Å². The monoisotopic (exact) mass is 563 g/mol. The lowest BCUT2D eigenvalue weighted by molar-refractivity contribution is -0.271. The topological polar surface area (TPSA) is 97.7 Å². The first-order valence-corrected chi connectivity index (χ1v) is 14.4.